The second-order valence-corrected chi connectivity index (χ2v) is 5.09. The number of ketones is 1. The Labute approximate surface area is 98.6 Å². The third-order valence-corrected chi connectivity index (χ3v) is 3.84. The van der Waals surface area contributed by atoms with Gasteiger partial charge >= 0.3 is 0 Å². The molecule has 0 aromatic heterocycles. The van der Waals surface area contributed by atoms with Gasteiger partial charge in [0.2, 0.25) is 0 Å². The minimum absolute atomic E-state index is 0.463. The van der Waals surface area contributed by atoms with Gasteiger partial charge in [0.1, 0.15) is 5.78 Å². The van der Waals surface area contributed by atoms with Crippen LogP contribution in [0.3, 0.4) is 0 Å². The van der Waals surface area contributed by atoms with Crippen molar-refractivity contribution in [1.29, 1.82) is 0 Å². The smallest absolute Gasteiger partial charge is 0.133 e. The highest BCUT2D eigenvalue weighted by molar-refractivity contribution is 5.79. The maximum absolute atomic E-state index is 11.4. The Kier molecular flexibility index (Phi) is 3.98. The highest BCUT2D eigenvalue weighted by Gasteiger charge is 2.18. The van der Waals surface area contributed by atoms with E-state index in [1.807, 2.05) is 0 Å². The van der Waals surface area contributed by atoms with Gasteiger partial charge in [-0.3, -0.25) is 4.79 Å². The van der Waals surface area contributed by atoms with E-state index in [0.717, 1.165) is 32.1 Å². The van der Waals surface area contributed by atoms with Crippen LogP contribution in [-0.4, -0.2) is 5.78 Å². The van der Waals surface area contributed by atoms with Crippen LogP contribution < -0.4 is 0 Å². The molecule has 2 aliphatic rings. The first-order chi connectivity index (χ1) is 7.79. The summed E-state index contributed by atoms with van der Waals surface area (Å²) < 4.78 is 0. The summed E-state index contributed by atoms with van der Waals surface area (Å²) >= 11 is 0. The average Bonchev–Trinajstić information content (AvgIpc) is 2.49. The fraction of sp³-hybridized carbons (Fsp3) is 0.667. The zero-order valence-corrected chi connectivity index (χ0v) is 10.3. The highest BCUT2D eigenvalue weighted by atomic mass is 16.1. The Morgan fingerprint density at radius 3 is 2.62 bits per heavy atom. The second-order valence-electron chi connectivity index (χ2n) is 5.09. The number of Topliss-reactive ketones (excluding diaryl/α,β-unsaturated/α-hetero) is 1. The van der Waals surface area contributed by atoms with Crippen LogP contribution in [-0.2, 0) is 4.79 Å². The van der Waals surface area contributed by atoms with Gasteiger partial charge in [0.25, 0.3) is 0 Å². The Bertz CT molecular complexity index is 333. The van der Waals surface area contributed by atoms with E-state index in [-0.39, 0.29) is 0 Å². The molecule has 2 rings (SSSR count). The molecule has 0 fully saturated rings. The van der Waals surface area contributed by atoms with Crippen LogP contribution in [0.15, 0.2) is 22.8 Å². The zero-order valence-electron chi connectivity index (χ0n) is 10.3. The molecule has 1 heteroatoms. The Balaban J connectivity index is 1.96. The van der Waals surface area contributed by atoms with Crippen LogP contribution in [0.5, 0.6) is 0 Å². The van der Waals surface area contributed by atoms with Gasteiger partial charge in [-0.05, 0) is 38.5 Å². The number of unbranched alkanes of at least 4 members (excludes halogenated alkanes) is 1. The predicted molar refractivity (Wildman–Crippen MR) is 67.3 cm³/mol. The molecule has 0 aromatic rings. The quantitative estimate of drug-likeness (QED) is 0.644. The van der Waals surface area contributed by atoms with Crippen LogP contribution in [0.2, 0.25) is 0 Å². The molecule has 0 saturated carbocycles. The van der Waals surface area contributed by atoms with E-state index in [1.54, 1.807) is 16.7 Å². The normalized spacial score (nSPS) is 21.6. The van der Waals surface area contributed by atoms with Crippen LogP contribution in [0.4, 0.5) is 0 Å². The van der Waals surface area contributed by atoms with E-state index in [0.29, 0.717) is 5.78 Å². The van der Waals surface area contributed by atoms with Crippen molar-refractivity contribution >= 4 is 5.78 Å². The molecule has 2 aliphatic carbocycles. The first-order valence-electron chi connectivity index (χ1n) is 6.69. The Hall–Kier alpha value is -0.850. The second kappa shape index (κ2) is 5.47. The van der Waals surface area contributed by atoms with Gasteiger partial charge < -0.3 is 0 Å². The molecule has 0 radical (unpaired) electrons. The first-order valence-corrected chi connectivity index (χ1v) is 6.69. The standard InChI is InChI=1S/C15H22O/c1-2-3-4-12-5-6-13-7-9-15(16)10-8-14(13)11-12/h5H,2-4,6-11H2,1H3. The number of hydrogen-bond acceptors (Lipinski definition) is 1. The summed E-state index contributed by atoms with van der Waals surface area (Å²) in [4.78, 5) is 11.4. The van der Waals surface area contributed by atoms with Gasteiger partial charge in [0.15, 0.2) is 0 Å². The zero-order chi connectivity index (χ0) is 11.4. The fourth-order valence-corrected chi connectivity index (χ4v) is 2.73. The van der Waals surface area contributed by atoms with Gasteiger partial charge in [-0.25, -0.2) is 0 Å². The molecule has 0 bridgehead atoms. The Morgan fingerprint density at radius 1 is 1.12 bits per heavy atom. The molecule has 16 heavy (non-hydrogen) atoms. The molecular formula is C15H22O. The minimum Gasteiger partial charge on any atom is -0.300 e. The summed E-state index contributed by atoms with van der Waals surface area (Å²) in [5.41, 5.74) is 4.79. The van der Waals surface area contributed by atoms with Gasteiger partial charge in [-0.2, -0.15) is 0 Å². The highest BCUT2D eigenvalue weighted by Crippen LogP contribution is 2.34. The number of allylic oxidation sites excluding steroid dienone is 4. The molecular weight excluding hydrogens is 196 g/mol. The summed E-state index contributed by atoms with van der Waals surface area (Å²) in [6.07, 6.45) is 12.2. The number of carbonyl (C=O) groups is 1. The van der Waals surface area contributed by atoms with E-state index in [4.69, 9.17) is 0 Å². The van der Waals surface area contributed by atoms with Gasteiger partial charge in [-0.15, -0.1) is 0 Å². The van der Waals surface area contributed by atoms with E-state index in [9.17, 15) is 4.79 Å². The molecule has 0 aromatic carbocycles. The SMILES string of the molecule is CCCCC1=CCC2=C(CCC(=O)CC2)C1. The first kappa shape index (κ1) is 11.6. The topological polar surface area (TPSA) is 17.1 Å². The lowest BCUT2D eigenvalue weighted by molar-refractivity contribution is -0.118. The molecule has 0 saturated heterocycles. The largest absolute Gasteiger partial charge is 0.300 e. The van der Waals surface area contributed by atoms with Crippen molar-refractivity contribution in [3.8, 4) is 0 Å². The van der Waals surface area contributed by atoms with Gasteiger partial charge in [-0.1, -0.05) is 36.1 Å². The van der Waals surface area contributed by atoms with E-state index >= 15 is 0 Å². The fourth-order valence-electron chi connectivity index (χ4n) is 2.73. The van der Waals surface area contributed by atoms with E-state index < -0.39 is 0 Å². The van der Waals surface area contributed by atoms with Crippen LogP contribution in [0.25, 0.3) is 0 Å². The van der Waals surface area contributed by atoms with Crippen LogP contribution in [0.1, 0.15) is 64.7 Å². The lowest BCUT2D eigenvalue weighted by Gasteiger charge is -2.19. The summed E-state index contributed by atoms with van der Waals surface area (Å²) in [7, 11) is 0. The molecule has 0 unspecified atom stereocenters. The predicted octanol–water partition coefficient (Wildman–Crippen LogP) is 4.34. The number of hydrogen-bond donors (Lipinski definition) is 0. The molecule has 0 N–H and O–H groups in total. The van der Waals surface area contributed by atoms with E-state index in [2.05, 4.69) is 13.0 Å². The minimum atomic E-state index is 0.463. The maximum Gasteiger partial charge on any atom is 0.133 e. The lowest BCUT2D eigenvalue weighted by Crippen LogP contribution is -1.99. The van der Waals surface area contributed by atoms with Crippen molar-refractivity contribution in [2.24, 2.45) is 0 Å². The van der Waals surface area contributed by atoms with E-state index in [1.165, 1.54) is 25.7 Å². The van der Waals surface area contributed by atoms with Crippen LogP contribution in [0, 0.1) is 0 Å². The summed E-state index contributed by atoms with van der Waals surface area (Å²) in [6, 6.07) is 0. The maximum atomic E-state index is 11.4. The third-order valence-electron chi connectivity index (χ3n) is 3.84. The molecule has 0 atom stereocenters. The summed E-state index contributed by atoms with van der Waals surface area (Å²) in [5, 5.41) is 0. The van der Waals surface area contributed by atoms with Gasteiger partial charge in [0.05, 0.1) is 0 Å². The third kappa shape index (κ3) is 2.84. The van der Waals surface area contributed by atoms with Crippen molar-refractivity contribution in [3.63, 3.8) is 0 Å². The van der Waals surface area contributed by atoms with Crippen molar-refractivity contribution in [3.05, 3.63) is 22.8 Å². The molecule has 0 aliphatic heterocycles. The average molecular weight is 218 g/mol. The molecule has 88 valence electrons. The van der Waals surface area contributed by atoms with Crippen molar-refractivity contribution in [2.45, 2.75) is 64.7 Å². The van der Waals surface area contributed by atoms with Crippen molar-refractivity contribution in [1.82, 2.24) is 0 Å². The number of carbonyl (C=O) groups excluding carboxylic acids is 1. The molecule has 0 amide bonds. The molecule has 0 spiro atoms. The lowest BCUT2D eigenvalue weighted by atomic mass is 9.87. The number of rotatable bonds is 3. The monoisotopic (exact) mass is 218 g/mol. The van der Waals surface area contributed by atoms with Crippen LogP contribution >= 0.6 is 0 Å². The Morgan fingerprint density at radius 2 is 1.88 bits per heavy atom. The van der Waals surface area contributed by atoms with Crippen molar-refractivity contribution in [2.75, 3.05) is 0 Å². The summed E-state index contributed by atoms with van der Waals surface area (Å²) in [5.74, 6) is 0.463. The molecule has 0 heterocycles. The summed E-state index contributed by atoms with van der Waals surface area (Å²) in [6.45, 7) is 2.25. The van der Waals surface area contributed by atoms with Crippen molar-refractivity contribution < 1.29 is 4.79 Å². The molecule has 1 nitrogen and oxygen atoms in total. The van der Waals surface area contributed by atoms with Gasteiger partial charge in [0, 0.05) is 12.8 Å².